The van der Waals surface area contributed by atoms with Gasteiger partial charge in [0.25, 0.3) is 5.56 Å². The smallest absolute Gasteiger partial charge is 0.258 e. The van der Waals surface area contributed by atoms with Crippen molar-refractivity contribution in [2.45, 2.75) is 19.3 Å². The lowest BCUT2D eigenvalue weighted by molar-refractivity contribution is 0.0840. The van der Waals surface area contributed by atoms with Crippen molar-refractivity contribution in [3.63, 3.8) is 0 Å². The van der Waals surface area contributed by atoms with E-state index < -0.39 is 0 Å². The summed E-state index contributed by atoms with van der Waals surface area (Å²) in [7, 11) is 0. The van der Waals surface area contributed by atoms with Crippen molar-refractivity contribution < 1.29 is 9.18 Å². The average molecular weight is 379 g/mol. The summed E-state index contributed by atoms with van der Waals surface area (Å²) in [6.07, 6.45) is 2.24. The van der Waals surface area contributed by atoms with Gasteiger partial charge in [0, 0.05) is 24.4 Å². The molecule has 0 bridgehead atoms. The van der Waals surface area contributed by atoms with Gasteiger partial charge in [-0.15, -0.1) is 0 Å². The molecule has 144 valence electrons. The van der Waals surface area contributed by atoms with Crippen molar-refractivity contribution in [3.8, 4) is 0 Å². The SMILES string of the molecule is O=C(c1ccc(F)cc1)C1CCN(CCc2nc3ccccc3c(=O)[nH]2)CC1. The zero-order valence-electron chi connectivity index (χ0n) is 15.5. The van der Waals surface area contributed by atoms with E-state index in [9.17, 15) is 14.0 Å². The molecule has 1 aliphatic heterocycles. The van der Waals surface area contributed by atoms with Gasteiger partial charge in [-0.05, 0) is 62.3 Å². The van der Waals surface area contributed by atoms with E-state index in [1.807, 2.05) is 18.2 Å². The van der Waals surface area contributed by atoms with Gasteiger partial charge in [-0.1, -0.05) is 12.1 Å². The molecule has 1 aliphatic rings. The largest absolute Gasteiger partial charge is 0.310 e. The molecule has 0 amide bonds. The van der Waals surface area contributed by atoms with Crippen LogP contribution in [0.4, 0.5) is 4.39 Å². The fourth-order valence-electron chi connectivity index (χ4n) is 3.79. The van der Waals surface area contributed by atoms with Crippen LogP contribution in [0.15, 0.2) is 53.3 Å². The molecule has 6 heteroatoms. The normalized spacial score (nSPS) is 15.8. The van der Waals surface area contributed by atoms with E-state index in [-0.39, 0.29) is 23.1 Å². The Morgan fingerprint density at radius 1 is 1.11 bits per heavy atom. The highest BCUT2D eigenvalue weighted by molar-refractivity contribution is 5.97. The van der Waals surface area contributed by atoms with Crippen molar-refractivity contribution in [2.24, 2.45) is 5.92 Å². The van der Waals surface area contributed by atoms with Crippen molar-refractivity contribution in [2.75, 3.05) is 19.6 Å². The van der Waals surface area contributed by atoms with Crippen LogP contribution in [0.25, 0.3) is 10.9 Å². The number of likely N-dealkylation sites (tertiary alicyclic amines) is 1. The minimum absolute atomic E-state index is 0.0136. The predicted octanol–water partition coefficient (Wildman–Crippen LogP) is 3.20. The van der Waals surface area contributed by atoms with Crippen LogP contribution in [0.1, 0.15) is 29.0 Å². The van der Waals surface area contributed by atoms with E-state index >= 15 is 0 Å². The van der Waals surface area contributed by atoms with Crippen LogP contribution in [-0.2, 0) is 6.42 Å². The third kappa shape index (κ3) is 4.02. The number of hydrogen-bond acceptors (Lipinski definition) is 4. The maximum absolute atomic E-state index is 13.0. The lowest BCUT2D eigenvalue weighted by Gasteiger charge is -2.31. The van der Waals surface area contributed by atoms with E-state index in [1.54, 1.807) is 18.2 Å². The Bertz CT molecular complexity index is 1040. The van der Waals surface area contributed by atoms with Crippen LogP contribution >= 0.6 is 0 Å². The number of ketones is 1. The monoisotopic (exact) mass is 379 g/mol. The predicted molar refractivity (Wildman–Crippen MR) is 106 cm³/mol. The van der Waals surface area contributed by atoms with Crippen molar-refractivity contribution in [1.29, 1.82) is 0 Å². The number of nitrogens with one attached hydrogen (secondary N) is 1. The molecule has 0 saturated carbocycles. The standard InChI is InChI=1S/C22H22FN3O2/c23-17-7-5-15(6-8-17)21(27)16-9-12-26(13-10-16)14-11-20-24-19-4-2-1-3-18(19)22(28)25-20/h1-8,16H,9-14H2,(H,24,25,28). The molecule has 5 nitrogen and oxygen atoms in total. The Kier molecular flexibility index (Phi) is 5.30. The number of hydrogen-bond donors (Lipinski definition) is 1. The first-order valence-corrected chi connectivity index (χ1v) is 9.60. The molecule has 0 unspecified atom stereocenters. The zero-order valence-corrected chi connectivity index (χ0v) is 15.5. The van der Waals surface area contributed by atoms with E-state index in [4.69, 9.17) is 0 Å². The number of carbonyl (C=O) groups is 1. The van der Waals surface area contributed by atoms with E-state index in [2.05, 4.69) is 14.9 Å². The summed E-state index contributed by atoms with van der Waals surface area (Å²) in [5.41, 5.74) is 1.19. The maximum Gasteiger partial charge on any atom is 0.258 e. The molecular weight excluding hydrogens is 357 g/mol. The first kappa shape index (κ1) is 18.5. The Balaban J connectivity index is 1.33. The molecule has 0 atom stereocenters. The molecule has 1 saturated heterocycles. The Morgan fingerprint density at radius 2 is 1.82 bits per heavy atom. The molecule has 1 fully saturated rings. The van der Waals surface area contributed by atoms with Crippen LogP contribution in [0.5, 0.6) is 0 Å². The van der Waals surface area contributed by atoms with Crippen LogP contribution in [-0.4, -0.2) is 40.3 Å². The minimum Gasteiger partial charge on any atom is -0.310 e. The number of benzene rings is 2. The number of fused-ring (bicyclic) bond motifs is 1. The van der Waals surface area contributed by atoms with Gasteiger partial charge >= 0.3 is 0 Å². The van der Waals surface area contributed by atoms with Gasteiger partial charge in [-0.3, -0.25) is 9.59 Å². The number of H-pyrrole nitrogens is 1. The number of carbonyl (C=O) groups excluding carboxylic acids is 1. The minimum atomic E-state index is -0.327. The maximum atomic E-state index is 13.0. The average Bonchev–Trinajstić information content (AvgIpc) is 2.73. The third-order valence-electron chi connectivity index (χ3n) is 5.41. The summed E-state index contributed by atoms with van der Waals surface area (Å²) in [4.78, 5) is 34.4. The number of piperidine rings is 1. The number of para-hydroxylation sites is 1. The second-order valence-corrected chi connectivity index (χ2v) is 7.27. The molecule has 2 aromatic carbocycles. The third-order valence-corrected chi connectivity index (χ3v) is 5.41. The number of aromatic amines is 1. The first-order chi connectivity index (χ1) is 13.6. The number of rotatable bonds is 5. The second kappa shape index (κ2) is 8.02. The Morgan fingerprint density at radius 3 is 2.57 bits per heavy atom. The van der Waals surface area contributed by atoms with Crippen molar-refractivity contribution in [3.05, 3.63) is 76.1 Å². The van der Waals surface area contributed by atoms with Crippen molar-refractivity contribution >= 4 is 16.7 Å². The summed E-state index contributed by atoms with van der Waals surface area (Å²) < 4.78 is 13.0. The van der Waals surface area contributed by atoms with Crippen molar-refractivity contribution in [1.82, 2.24) is 14.9 Å². The Labute approximate surface area is 162 Å². The molecule has 2 heterocycles. The summed E-state index contributed by atoms with van der Waals surface area (Å²) >= 11 is 0. The van der Waals surface area contributed by atoms with Gasteiger partial charge in [0.2, 0.25) is 0 Å². The number of halogens is 1. The quantitative estimate of drug-likeness (QED) is 0.692. The Hall–Kier alpha value is -2.86. The highest BCUT2D eigenvalue weighted by Gasteiger charge is 2.25. The van der Waals surface area contributed by atoms with Crippen LogP contribution in [0.2, 0.25) is 0 Å². The summed E-state index contributed by atoms with van der Waals surface area (Å²) in [5, 5.41) is 0.603. The van der Waals surface area contributed by atoms with Gasteiger partial charge in [0.1, 0.15) is 11.6 Å². The van der Waals surface area contributed by atoms with Gasteiger partial charge in [-0.2, -0.15) is 0 Å². The molecule has 28 heavy (non-hydrogen) atoms. The number of Topliss-reactive ketones (excluding diaryl/α,β-unsaturated/α-hetero) is 1. The van der Waals surface area contributed by atoms with Gasteiger partial charge in [-0.25, -0.2) is 9.37 Å². The molecule has 1 N–H and O–H groups in total. The summed E-state index contributed by atoms with van der Waals surface area (Å²) in [5.74, 6) is 0.445. The van der Waals surface area contributed by atoms with Crippen LogP contribution in [0, 0.1) is 11.7 Å². The topological polar surface area (TPSA) is 66.1 Å². The molecule has 3 aromatic rings. The fourth-order valence-corrected chi connectivity index (χ4v) is 3.79. The molecule has 0 radical (unpaired) electrons. The van der Waals surface area contributed by atoms with E-state index in [1.165, 1.54) is 12.1 Å². The number of aromatic nitrogens is 2. The summed E-state index contributed by atoms with van der Waals surface area (Å²) in [6.45, 7) is 2.45. The van der Waals surface area contributed by atoms with Gasteiger partial charge in [0.05, 0.1) is 10.9 Å². The van der Waals surface area contributed by atoms with E-state index in [0.29, 0.717) is 28.7 Å². The first-order valence-electron chi connectivity index (χ1n) is 9.60. The molecule has 1 aromatic heterocycles. The van der Waals surface area contributed by atoms with Crippen LogP contribution in [0.3, 0.4) is 0 Å². The summed E-state index contributed by atoms with van der Waals surface area (Å²) in [6, 6.07) is 13.1. The number of nitrogens with zero attached hydrogens (tertiary/aromatic N) is 2. The fraction of sp³-hybridized carbons (Fsp3) is 0.318. The molecular formula is C22H22FN3O2. The highest BCUT2D eigenvalue weighted by Crippen LogP contribution is 2.22. The molecule has 0 aliphatic carbocycles. The van der Waals surface area contributed by atoms with E-state index in [0.717, 1.165) is 32.5 Å². The highest BCUT2D eigenvalue weighted by atomic mass is 19.1. The lowest BCUT2D eigenvalue weighted by atomic mass is 9.89. The van der Waals surface area contributed by atoms with Gasteiger partial charge in [0.15, 0.2) is 5.78 Å². The molecule has 0 spiro atoms. The van der Waals surface area contributed by atoms with Crippen LogP contribution < -0.4 is 5.56 Å². The zero-order chi connectivity index (χ0) is 19.5. The lowest BCUT2D eigenvalue weighted by Crippen LogP contribution is -2.37. The molecule has 4 rings (SSSR count). The van der Waals surface area contributed by atoms with Gasteiger partial charge < -0.3 is 9.88 Å². The second-order valence-electron chi connectivity index (χ2n) is 7.27.